The standard InChI is InChI=1S/C12H10BrClN4S/c13-8-5-7(1-2-9(8)14)18-10(6-17-12(18)15)11-16-3-4-19-11/h1-5,10H,6H2,(H2,15,17). The van der Waals surface area contributed by atoms with Crippen LogP contribution >= 0.6 is 38.9 Å². The van der Waals surface area contributed by atoms with Gasteiger partial charge in [-0.3, -0.25) is 4.99 Å². The molecule has 0 saturated carbocycles. The van der Waals surface area contributed by atoms with Crippen LogP contribution in [-0.2, 0) is 0 Å². The van der Waals surface area contributed by atoms with E-state index in [2.05, 4.69) is 25.9 Å². The van der Waals surface area contributed by atoms with Crippen LogP contribution in [0.3, 0.4) is 0 Å². The fourth-order valence-corrected chi connectivity index (χ4v) is 3.24. The van der Waals surface area contributed by atoms with Crippen LogP contribution in [0.1, 0.15) is 11.0 Å². The zero-order chi connectivity index (χ0) is 13.4. The summed E-state index contributed by atoms with van der Waals surface area (Å²) in [7, 11) is 0. The molecule has 0 aliphatic carbocycles. The lowest BCUT2D eigenvalue weighted by Crippen LogP contribution is -2.36. The number of aromatic nitrogens is 1. The molecule has 2 N–H and O–H groups in total. The number of aliphatic imine (C=N–C) groups is 1. The zero-order valence-electron chi connectivity index (χ0n) is 9.75. The van der Waals surface area contributed by atoms with Gasteiger partial charge in [-0.05, 0) is 34.1 Å². The number of thiazole rings is 1. The van der Waals surface area contributed by atoms with Gasteiger partial charge in [-0.1, -0.05) is 11.6 Å². The van der Waals surface area contributed by atoms with E-state index in [-0.39, 0.29) is 6.04 Å². The summed E-state index contributed by atoms with van der Waals surface area (Å²) in [5.74, 6) is 0.509. The minimum atomic E-state index is 0.0630. The van der Waals surface area contributed by atoms with Gasteiger partial charge in [0.05, 0.1) is 11.6 Å². The molecular weight excluding hydrogens is 348 g/mol. The van der Waals surface area contributed by atoms with Crippen LogP contribution in [0.5, 0.6) is 0 Å². The first-order chi connectivity index (χ1) is 9.16. The first-order valence-corrected chi connectivity index (χ1v) is 7.65. The molecule has 0 saturated heterocycles. The topological polar surface area (TPSA) is 54.5 Å². The average Bonchev–Trinajstić information content (AvgIpc) is 3.01. The predicted molar refractivity (Wildman–Crippen MR) is 83.0 cm³/mol. The lowest BCUT2D eigenvalue weighted by Gasteiger charge is -2.25. The quantitative estimate of drug-likeness (QED) is 0.896. The highest BCUT2D eigenvalue weighted by Gasteiger charge is 2.30. The molecule has 2 aromatic rings. The van der Waals surface area contributed by atoms with E-state index < -0.39 is 0 Å². The number of nitrogens with zero attached hydrogens (tertiary/aromatic N) is 3. The smallest absolute Gasteiger partial charge is 0.196 e. The third kappa shape index (κ3) is 2.35. The highest BCUT2D eigenvalue weighted by atomic mass is 79.9. The molecule has 1 atom stereocenters. The van der Waals surface area contributed by atoms with Crippen molar-refractivity contribution in [2.24, 2.45) is 10.7 Å². The van der Waals surface area contributed by atoms with Crippen molar-refractivity contribution in [1.82, 2.24) is 4.98 Å². The van der Waals surface area contributed by atoms with Crippen molar-refractivity contribution < 1.29 is 0 Å². The summed E-state index contributed by atoms with van der Waals surface area (Å²) >= 11 is 11.1. The molecule has 1 aliphatic heterocycles. The summed E-state index contributed by atoms with van der Waals surface area (Å²) in [5, 5.41) is 3.64. The summed E-state index contributed by atoms with van der Waals surface area (Å²) in [5.41, 5.74) is 6.95. The Morgan fingerprint density at radius 2 is 2.32 bits per heavy atom. The Morgan fingerprint density at radius 3 is 3.00 bits per heavy atom. The number of hydrogen-bond donors (Lipinski definition) is 1. The number of halogens is 2. The molecule has 2 heterocycles. The van der Waals surface area contributed by atoms with Gasteiger partial charge < -0.3 is 10.6 Å². The van der Waals surface area contributed by atoms with Crippen LogP contribution in [-0.4, -0.2) is 17.5 Å². The maximum Gasteiger partial charge on any atom is 0.196 e. The van der Waals surface area contributed by atoms with Crippen LogP contribution in [0.2, 0.25) is 5.02 Å². The third-order valence-electron chi connectivity index (χ3n) is 2.90. The molecule has 19 heavy (non-hydrogen) atoms. The van der Waals surface area contributed by atoms with Gasteiger partial charge in [0.25, 0.3) is 0 Å². The largest absolute Gasteiger partial charge is 0.369 e. The summed E-state index contributed by atoms with van der Waals surface area (Å²) in [6, 6.07) is 5.77. The predicted octanol–water partition coefficient (Wildman–Crippen LogP) is 3.44. The van der Waals surface area contributed by atoms with Gasteiger partial charge in [0.2, 0.25) is 0 Å². The van der Waals surface area contributed by atoms with Crippen molar-refractivity contribution in [2.45, 2.75) is 6.04 Å². The van der Waals surface area contributed by atoms with Gasteiger partial charge in [0.1, 0.15) is 11.0 Å². The Balaban J connectivity index is 2.00. The fourth-order valence-electron chi connectivity index (χ4n) is 2.03. The van der Waals surface area contributed by atoms with Gasteiger partial charge in [-0.2, -0.15) is 0 Å². The molecule has 0 amide bonds. The van der Waals surface area contributed by atoms with Crippen LogP contribution in [0, 0.1) is 0 Å². The Kier molecular flexibility index (Phi) is 3.47. The molecule has 0 spiro atoms. The molecule has 0 bridgehead atoms. The molecule has 0 radical (unpaired) electrons. The van der Waals surface area contributed by atoms with Crippen LogP contribution in [0.4, 0.5) is 5.69 Å². The summed E-state index contributed by atoms with van der Waals surface area (Å²) in [4.78, 5) is 10.7. The molecule has 3 rings (SSSR count). The molecule has 7 heteroatoms. The first kappa shape index (κ1) is 12.9. The van der Waals surface area contributed by atoms with Crippen molar-refractivity contribution in [1.29, 1.82) is 0 Å². The second-order valence-corrected chi connectivity index (χ2v) is 6.24. The van der Waals surface area contributed by atoms with E-state index in [4.69, 9.17) is 17.3 Å². The SMILES string of the molecule is NC1=NCC(c2nccs2)N1c1ccc(Cl)c(Br)c1. The van der Waals surface area contributed by atoms with Crippen molar-refractivity contribution in [3.8, 4) is 0 Å². The minimum absolute atomic E-state index is 0.0630. The Morgan fingerprint density at radius 1 is 1.47 bits per heavy atom. The molecule has 4 nitrogen and oxygen atoms in total. The van der Waals surface area contributed by atoms with E-state index in [1.807, 2.05) is 28.5 Å². The van der Waals surface area contributed by atoms with Gasteiger partial charge in [0.15, 0.2) is 5.96 Å². The van der Waals surface area contributed by atoms with Crippen LogP contribution in [0.15, 0.2) is 39.2 Å². The van der Waals surface area contributed by atoms with E-state index in [1.165, 1.54) is 0 Å². The van der Waals surface area contributed by atoms with Crippen LogP contribution in [0.25, 0.3) is 0 Å². The lowest BCUT2D eigenvalue weighted by molar-refractivity contribution is 0.760. The fraction of sp³-hybridized carbons (Fsp3) is 0.167. The van der Waals surface area contributed by atoms with E-state index >= 15 is 0 Å². The number of anilines is 1. The van der Waals surface area contributed by atoms with Crippen molar-refractivity contribution >= 4 is 50.5 Å². The van der Waals surface area contributed by atoms with Gasteiger partial charge in [-0.15, -0.1) is 11.3 Å². The third-order valence-corrected chi connectivity index (χ3v) is 4.99. The molecule has 1 aromatic carbocycles. The van der Waals surface area contributed by atoms with Crippen molar-refractivity contribution in [3.63, 3.8) is 0 Å². The van der Waals surface area contributed by atoms with E-state index in [0.717, 1.165) is 15.2 Å². The summed E-state index contributed by atoms with van der Waals surface area (Å²) in [6.45, 7) is 0.625. The molecule has 1 unspecified atom stereocenters. The number of nitrogens with two attached hydrogens (primary N) is 1. The van der Waals surface area contributed by atoms with E-state index in [1.54, 1.807) is 17.5 Å². The highest BCUT2D eigenvalue weighted by molar-refractivity contribution is 9.10. The number of hydrogen-bond acceptors (Lipinski definition) is 5. The summed E-state index contributed by atoms with van der Waals surface area (Å²) < 4.78 is 0.837. The molecule has 0 fully saturated rings. The minimum Gasteiger partial charge on any atom is -0.369 e. The first-order valence-electron chi connectivity index (χ1n) is 5.60. The average molecular weight is 358 g/mol. The van der Waals surface area contributed by atoms with E-state index in [0.29, 0.717) is 17.5 Å². The van der Waals surface area contributed by atoms with Gasteiger partial charge >= 0.3 is 0 Å². The maximum absolute atomic E-state index is 6.02. The second-order valence-electron chi connectivity index (χ2n) is 4.05. The Hall–Kier alpha value is -1.11. The number of benzene rings is 1. The normalized spacial score (nSPS) is 18.7. The zero-order valence-corrected chi connectivity index (χ0v) is 12.9. The highest BCUT2D eigenvalue weighted by Crippen LogP contribution is 2.35. The summed E-state index contributed by atoms with van der Waals surface area (Å²) in [6.07, 6.45) is 1.80. The van der Waals surface area contributed by atoms with Crippen LogP contribution < -0.4 is 10.6 Å². The van der Waals surface area contributed by atoms with Crippen molar-refractivity contribution in [3.05, 3.63) is 44.3 Å². The van der Waals surface area contributed by atoms with Crippen molar-refractivity contribution in [2.75, 3.05) is 11.4 Å². The Bertz CT molecular complexity index is 629. The lowest BCUT2D eigenvalue weighted by atomic mass is 10.2. The molecule has 1 aromatic heterocycles. The molecular formula is C12H10BrClN4S. The van der Waals surface area contributed by atoms with Gasteiger partial charge in [-0.25, -0.2) is 4.98 Å². The Labute approximate surface area is 128 Å². The number of guanidine groups is 1. The van der Waals surface area contributed by atoms with Gasteiger partial charge in [0, 0.05) is 21.7 Å². The second kappa shape index (κ2) is 5.11. The molecule has 98 valence electrons. The monoisotopic (exact) mass is 356 g/mol. The molecule has 1 aliphatic rings. The van der Waals surface area contributed by atoms with E-state index in [9.17, 15) is 0 Å². The maximum atomic E-state index is 6.02. The number of rotatable bonds is 2.